The number of halogens is 2. The highest BCUT2D eigenvalue weighted by molar-refractivity contribution is 6.30. The molecule has 0 fully saturated rings. The number of nitrogens with one attached hydrogen (secondary N) is 1. The van der Waals surface area contributed by atoms with E-state index in [9.17, 15) is 4.39 Å². The van der Waals surface area contributed by atoms with E-state index in [1.54, 1.807) is 6.07 Å². The first kappa shape index (κ1) is 13.4. The zero-order valence-corrected chi connectivity index (χ0v) is 10.3. The highest BCUT2D eigenvalue weighted by atomic mass is 35.5. The van der Waals surface area contributed by atoms with Crippen molar-refractivity contribution in [3.8, 4) is 0 Å². The highest BCUT2D eigenvalue weighted by Gasteiger charge is 2.15. The molecule has 1 aromatic carbocycles. The van der Waals surface area contributed by atoms with Gasteiger partial charge in [-0.2, -0.15) is 0 Å². The average Bonchev–Trinajstić information content (AvgIpc) is 2.23. The van der Waals surface area contributed by atoms with Crippen LogP contribution >= 0.6 is 11.6 Å². The molecule has 90 valence electrons. The monoisotopic (exact) mass is 245 g/mol. The molecule has 16 heavy (non-hydrogen) atoms. The number of rotatable bonds is 5. The molecule has 1 aromatic rings. The Balaban J connectivity index is 2.52. The molecule has 0 aromatic heterocycles. The van der Waals surface area contributed by atoms with Crippen LogP contribution < -0.4 is 5.32 Å². The van der Waals surface area contributed by atoms with E-state index in [1.165, 1.54) is 12.1 Å². The van der Waals surface area contributed by atoms with Gasteiger partial charge in [-0.15, -0.1) is 0 Å². The van der Waals surface area contributed by atoms with Crippen LogP contribution in [-0.4, -0.2) is 18.3 Å². The summed E-state index contributed by atoms with van der Waals surface area (Å²) >= 11 is 5.78. The molecule has 0 saturated heterocycles. The molecular weight excluding hydrogens is 229 g/mol. The molecule has 0 atom stereocenters. The lowest BCUT2D eigenvalue weighted by molar-refractivity contribution is 0.156. The van der Waals surface area contributed by atoms with E-state index < -0.39 is 0 Å². The fourth-order valence-corrected chi connectivity index (χ4v) is 1.46. The molecule has 1 rings (SSSR count). The van der Waals surface area contributed by atoms with Gasteiger partial charge in [0, 0.05) is 35.7 Å². The van der Waals surface area contributed by atoms with Crippen molar-refractivity contribution in [2.45, 2.75) is 20.4 Å². The van der Waals surface area contributed by atoms with Gasteiger partial charge in [0.25, 0.3) is 0 Å². The molecule has 0 heterocycles. The third-order valence-electron chi connectivity index (χ3n) is 2.35. The molecule has 0 aliphatic heterocycles. The van der Waals surface area contributed by atoms with E-state index in [-0.39, 0.29) is 17.8 Å². The molecule has 0 radical (unpaired) electrons. The maximum atomic E-state index is 13.3. The van der Waals surface area contributed by atoms with Crippen LogP contribution in [-0.2, 0) is 6.54 Å². The minimum absolute atomic E-state index is 0.0953. The fraction of sp³-hybridized carbons (Fsp3) is 0.500. The first-order valence-corrected chi connectivity index (χ1v) is 5.58. The number of hydrogen-bond acceptors (Lipinski definition) is 2. The molecule has 0 unspecified atom stereocenters. The Morgan fingerprint density at radius 1 is 1.44 bits per heavy atom. The quantitative estimate of drug-likeness (QED) is 0.836. The third kappa shape index (κ3) is 4.08. The molecule has 2 N–H and O–H groups in total. The van der Waals surface area contributed by atoms with E-state index in [0.29, 0.717) is 23.7 Å². The Labute approximate surface area is 100 Å². The van der Waals surface area contributed by atoms with Gasteiger partial charge in [0.1, 0.15) is 5.82 Å². The first-order valence-electron chi connectivity index (χ1n) is 5.20. The molecule has 0 amide bonds. The van der Waals surface area contributed by atoms with Crippen LogP contribution in [0.2, 0.25) is 5.02 Å². The fourth-order valence-electron chi connectivity index (χ4n) is 1.27. The largest absolute Gasteiger partial charge is 0.396 e. The zero-order chi connectivity index (χ0) is 12.2. The standard InChI is InChI=1S/C12H17ClFNO/c1-12(2,8-16)7-15-6-9-5-10(13)3-4-11(9)14/h3-5,15-16H,6-8H2,1-2H3. The van der Waals surface area contributed by atoms with Gasteiger partial charge in [-0.3, -0.25) is 0 Å². The second kappa shape index (κ2) is 5.62. The molecule has 0 spiro atoms. The van der Waals surface area contributed by atoms with E-state index in [1.807, 2.05) is 13.8 Å². The average molecular weight is 246 g/mol. The maximum absolute atomic E-state index is 13.3. The van der Waals surface area contributed by atoms with E-state index in [4.69, 9.17) is 16.7 Å². The first-order chi connectivity index (χ1) is 7.44. The molecule has 0 aliphatic rings. The van der Waals surface area contributed by atoms with Crippen molar-refractivity contribution in [1.29, 1.82) is 0 Å². The van der Waals surface area contributed by atoms with Crippen LogP contribution in [0.5, 0.6) is 0 Å². The molecule has 0 bridgehead atoms. The van der Waals surface area contributed by atoms with Gasteiger partial charge in [-0.05, 0) is 18.2 Å². The van der Waals surface area contributed by atoms with Gasteiger partial charge in [-0.1, -0.05) is 25.4 Å². The van der Waals surface area contributed by atoms with Gasteiger partial charge < -0.3 is 10.4 Å². The Morgan fingerprint density at radius 3 is 2.75 bits per heavy atom. The van der Waals surface area contributed by atoms with Crippen molar-refractivity contribution < 1.29 is 9.50 Å². The Bertz CT molecular complexity index is 355. The van der Waals surface area contributed by atoms with Crippen LogP contribution in [0, 0.1) is 11.2 Å². The normalized spacial score (nSPS) is 11.8. The molecule has 0 saturated carbocycles. The number of aliphatic hydroxyl groups excluding tert-OH is 1. The topological polar surface area (TPSA) is 32.3 Å². The minimum atomic E-state index is -0.265. The van der Waals surface area contributed by atoms with Crippen molar-refractivity contribution >= 4 is 11.6 Å². The predicted octanol–water partition coefficient (Wildman–Crippen LogP) is 2.59. The zero-order valence-electron chi connectivity index (χ0n) is 9.56. The summed E-state index contributed by atoms with van der Waals surface area (Å²) in [5.41, 5.74) is 0.343. The van der Waals surface area contributed by atoms with Crippen LogP contribution in [0.15, 0.2) is 18.2 Å². The number of benzene rings is 1. The minimum Gasteiger partial charge on any atom is -0.396 e. The lowest BCUT2D eigenvalue weighted by Crippen LogP contribution is -2.32. The summed E-state index contributed by atoms with van der Waals surface area (Å²) < 4.78 is 13.3. The predicted molar refractivity (Wildman–Crippen MR) is 64.0 cm³/mol. The van der Waals surface area contributed by atoms with Crippen molar-refractivity contribution in [3.05, 3.63) is 34.6 Å². The third-order valence-corrected chi connectivity index (χ3v) is 2.59. The lowest BCUT2D eigenvalue weighted by Gasteiger charge is -2.22. The van der Waals surface area contributed by atoms with Gasteiger partial charge in [0.05, 0.1) is 0 Å². The summed E-state index contributed by atoms with van der Waals surface area (Å²) in [6, 6.07) is 4.49. The summed E-state index contributed by atoms with van der Waals surface area (Å²) in [7, 11) is 0. The number of aliphatic hydroxyl groups is 1. The van der Waals surface area contributed by atoms with Crippen molar-refractivity contribution in [2.24, 2.45) is 5.41 Å². The number of hydrogen-bond donors (Lipinski definition) is 2. The van der Waals surface area contributed by atoms with Crippen LogP contribution in [0.3, 0.4) is 0 Å². The second-order valence-electron chi connectivity index (χ2n) is 4.66. The summed E-state index contributed by atoms with van der Waals surface area (Å²) in [6.45, 7) is 5.01. The van der Waals surface area contributed by atoms with Crippen LogP contribution in [0.1, 0.15) is 19.4 Å². The van der Waals surface area contributed by atoms with Crippen LogP contribution in [0.4, 0.5) is 4.39 Å². The summed E-state index contributed by atoms with van der Waals surface area (Å²) in [4.78, 5) is 0. The lowest BCUT2D eigenvalue weighted by atomic mass is 9.95. The van der Waals surface area contributed by atoms with Crippen molar-refractivity contribution in [2.75, 3.05) is 13.2 Å². The molecule has 0 aliphatic carbocycles. The Kier molecular flexibility index (Phi) is 4.71. The SMILES string of the molecule is CC(C)(CO)CNCc1cc(Cl)ccc1F. The smallest absolute Gasteiger partial charge is 0.127 e. The van der Waals surface area contributed by atoms with Gasteiger partial charge in [0.15, 0.2) is 0 Å². The second-order valence-corrected chi connectivity index (χ2v) is 5.10. The highest BCUT2D eigenvalue weighted by Crippen LogP contribution is 2.16. The van der Waals surface area contributed by atoms with Gasteiger partial charge in [0.2, 0.25) is 0 Å². The van der Waals surface area contributed by atoms with Crippen molar-refractivity contribution in [1.82, 2.24) is 5.32 Å². The van der Waals surface area contributed by atoms with Crippen LogP contribution in [0.25, 0.3) is 0 Å². The van der Waals surface area contributed by atoms with E-state index in [2.05, 4.69) is 5.32 Å². The Morgan fingerprint density at radius 2 is 2.12 bits per heavy atom. The molecular formula is C12H17ClFNO. The molecule has 2 nitrogen and oxygen atoms in total. The van der Waals surface area contributed by atoms with Gasteiger partial charge in [-0.25, -0.2) is 4.39 Å². The van der Waals surface area contributed by atoms with E-state index in [0.717, 1.165) is 0 Å². The molecule has 4 heteroatoms. The maximum Gasteiger partial charge on any atom is 0.127 e. The Hall–Kier alpha value is -0.640. The van der Waals surface area contributed by atoms with Gasteiger partial charge >= 0.3 is 0 Å². The summed E-state index contributed by atoms with van der Waals surface area (Å²) in [6.07, 6.45) is 0. The summed E-state index contributed by atoms with van der Waals surface area (Å²) in [5.74, 6) is -0.265. The summed E-state index contributed by atoms with van der Waals surface area (Å²) in [5, 5.41) is 12.7. The van der Waals surface area contributed by atoms with E-state index >= 15 is 0 Å². The van der Waals surface area contributed by atoms with Crippen molar-refractivity contribution in [3.63, 3.8) is 0 Å².